The van der Waals surface area contributed by atoms with Gasteiger partial charge in [-0.3, -0.25) is 0 Å². The Morgan fingerprint density at radius 3 is 2.79 bits per heavy atom. The number of hydrogen-bond donors (Lipinski definition) is 2. The number of aliphatic hydroxyl groups is 1. The van der Waals surface area contributed by atoms with Crippen molar-refractivity contribution in [3.05, 3.63) is 35.6 Å². The fourth-order valence-corrected chi connectivity index (χ4v) is 2.46. The molecule has 1 fully saturated rings. The van der Waals surface area contributed by atoms with E-state index in [-0.39, 0.29) is 11.9 Å². The quantitative estimate of drug-likeness (QED) is 0.861. The average molecular weight is 267 g/mol. The highest BCUT2D eigenvalue weighted by atomic mass is 19.1. The highest BCUT2D eigenvalue weighted by Gasteiger charge is 2.30. The molecule has 0 aromatic heterocycles. The minimum absolute atomic E-state index is 0.0718. The molecule has 0 aliphatic carbocycles. The zero-order valence-corrected chi connectivity index (χ0v) is 11.4. The summed E-state index contributed by atoms with van der Waals surface area (Å²) in [6.45, 7) is 3.78. The van der Waals surface area contributed by atoms with Crippen LogP contribution in [-0.4, -0.2) is 30.5 Å². The number of benzene rings is 1. The molecule has 2 rings (SSSR count). The maximum atomic E-state index is 13.2. The topological polar surface area (TPSA) is 41.5 Å². The van der Waals surface area contributed by atoms with E-state index in [1.807, 2.05) is 6.07 Å². The largest absolute Gasteiger partial charge is 0.388 e. The first-order chi connectivity index (χ1) is 9.13. The lowest BCUT2D eigenvalue weighted by Gasteiger charge is -2.33. The molecule has 1 heterocycles. The van der Waals surface area contributed by atoms with Gasteiger partial charge in [0.2, 0.25) is 0 Å². The smallest absolute Gasteiger partial charge is 0.123 e. The molecule has 1 aromatic rings. The molecule has 1 aliphatic rings. The van der Waals surface area contributed by atoms with Crippen LogP contribution < -0.4 is 5.32 Å². The van der Waals surface area contributed by atoms with Gasteiger partial charge >= 0.3 is 0 Å². The predicted molar refractivity (Wildman–Crippen MR) is 72.4 cm³/mol. The van der Waals surface area contributed by atoms with E-state index in [0.717, 1.165) is 12.0 Å². The van der Waals surface area contributed by atoms with Gasteiger partial charge in [0.1, 0.15) is 5.82 Å². The second kappa shape index (κ2) is 6.46. The number of ether oxygens (including phenoxy) is 1. The summed E-state index contributed by atoms with van der Waals surface area (Å²) in [5.74, 6) is -0.220. The summed E-state index contributed by atoms with van der Waals surface area (Å²) in [7, 11) is 0. The Morgan fingerprint density at radius 2 is 2.16 bits per heavy atom. The normalized spacial score (nSPS) is 20.2. The molecular formula is C15H22FNO2. The average Bonchev–Trinajstić information content (AvgIpc) is 2.40. The second-order valence-electron chi connectivity index (χ2n) is 5.23. The van der Waals surface area contributed by atoms with E-state index in [9.17, 15) is 9.50 Å². The highest BCUT2D eigenvalue weighted by Crippen LogP contribution is 2.22. The summed E-state index contributed by atoms with van der Waals surface area (Å²) in [6, 6.07) is 6.70. The molecule has 0 radical (unpaired) electrons. The minimum Gasteiger partial charge on any atom is -0.388 e. The SMILES string of the molecule is CCC(NCC1(O)CCOCC1)c1cccc(F)c1. The molecular weight excluding hydrogens is 245 g/mol. The molecule has 106 valence electrons. The van der Waals surface area contributed by atoms with E-state index in [1.54, 1.807) is 12.1 Å². The van der Waals surface area contributed by atoms with Crippen LogP contribution in [0.1, 0.15) is 37.8 Å². The summed E-state index contributed by atoms with van der Waals surface area (Å²) < 4.78 is 18.5. The van der Waals surface area contributed by atoms with Crippen LogP contribution in [0.25, 0.3) is 0 Å². The first kappa shape index (κ1) is 14.4. The molecule has 1 aromatic carbocycles. The standard InChI is InChI=1S/C15H22FNO2/c1-2-14(12-4-3-5-13(16)10-12)17-11-15(18)6-8-19-9-7-15/h3-5,10,14,17-18H,2,6-9,11H2,1H3. The van der Waals surface area contributed by atoms with Gasteiger partial charge in [-0.05, 0) is 24.1 Å². The van der Waals surface area contributed by atoms with Crippen molar-refractivity contribution in [1.29, 1.82) is 0 Å². The molecule has 2 N–H and O–H groups in total. The minimum atomic E-state index is -0.695. The lowest BCUT2D eigenvalue weighted by atomic mass is 9.93. The summed E-state index contributed by atoms with van der Waals surface area (Å²) in [5, 5.41) is 13.8. The van der Waals surface area contributed by atoms with E-state index in [0.29, 0.717) is 32.6 Å². The van der Waals surface area contributed by atoms with E-state index < -0.39 is 5.60 Å². The zero-order valence-electron chi connectivity index (χ0n) is 11.4. The van der Waals surface area contributed by atoms with Gasteiger partial charge in [0.05, 0.1) is 5.60 Å². The molecule has 0 bridgehead atoms. The van der Waals surface area contributed by atoms with Crippen LogP contribution in [0, 0.1) is 5.82 Å². The monoisotopic (exact) mass is 267 g/mol. The fourth-order valence-electron chi connectivity index (χ4n) is 2.46. The maximum absolute atomic E-state index is 13.2. The van der Waals surface area contributed by atoms with Crippen LogP contribution in [-0.2, 0) is 4.74 Å². The fraction of sp³-hybridized carbons (Fsp3) is 0.600. The van der Waals surface area contributed by atoms with E-state index >= 15 is 0 Å². The maximum Gasteiger partial charge on any atom is 0.123 e. The second-order valence-corrected chi connectivity index (χ2v) is 5.23. The number of nitrogens with one attached hydrogen (secondary N) is 1. The van der Waals surface area contributed by atoms with Gasteiger partial charge in [-0.2, -0.15) is 0 Å². The van der Waals surface area contributed by atoms with Gasteiger partial charge in [0, 0.05) is 38.6 Å². The first-order valence-corrected chi connectivity index (χ1v) is 6.92. The zero-order chi connectivity index (χ0) is 13.7. The Morgan fingerprint density at radius 1 is 1.42 bits per heavy atom. The Hall–Kier alpha value is -0.970. The Bertz CT molecular complexity index is 405. The lowest BCUT2D eigenvalue weighted by Crippen LogP contribution is -2.45. The molecule has 1 atom stereocenters. The Balaban J connectivity index is 1.95. The van der Waals surface area contributed by atoms with Gasteiger partial charge in [-0.25, -0.2) is 4.39 Å². The number of halogens is 1. The third kappa shape index (κ3) is 4.00. The van der Waals surface area contributed by atoms with Gasteiger partial charge in [-0.1, -0.05) is 19.1 Å². The Kier molecular flexibility index (Phi) is 4.91. The summed E-state index contributed by atoms with van der Waals surface area (Å²) in [4.78, 5) is 0. The van der Waals surface area contributed by atoms with E-state index in [1.165, 1.54) is 6.07 Å². The molecule has 1 aliphatic heterocycles. The van der Waals surface area contributed by atoms with Crippen LogP contribution in [0.3, 0.4) is 0 Å². The van der Waals surface area contributed by atoms with Crippen molar-refractivity contribution in [1.82, 2.24) is 5.32 Å². The molecule has 0 saturated carbocycles. The van der Waals surface area contributed by atoms with Crippen molar-refractivity contribution in [2.75, 3.05) is 19.8 Å². The Labute approximate surface area is 113 Å². The van der Waals surface area contributed by atoms with Crippen molar-refractivity contribution in [2.24, 2.45) is 0 Å². The molecule has 3 nitrogen and oxygen atoms in total. The summed E-state index contributed by atoms with van der Waals surface area (Å²) >= 11 is 0. The molecule has 0 spiro atoms. The van der Waals surface area contributed by atoms with Gasteiger partial charge in [0.25, 0.3) is 0 Å². The highest BCUT2D eigenvalue weighted by molar-refractivity contribution is 5.20. The number of hydrogen-bond acceptors (Lipinski definition) is 3. The van der Waals surface area contributed by atoms with E-state index in [2.05, 4.69) is 12.2 Å². The van der Waals surface area contributed by atoms with Crippen LogP contribution >= 0.6 is 0 Å². The van der Waals surface area contributed by atoms with Gasteiger partial charge in [-0.15, -0.1) is 0 Å². The van der Waals surface area contributed by atoms with Crippen LogP contribution in [0.2, 0.25) is 0 Å². The van der Waals surface area contributed by atoms with Crippen molar-refractivity contribution in [3.8, 4) is 0 Å². The van der Waals surface area contributed by atoms with Crippen molar-refractivity contribution >= 4 is 0 Å². The van der Waals surface area contributed by atoms with Gasteiger partial charge in [0.15, 0.2) is 0 Å². The van der Waals surface area contributed by atoms with Crippen molar-refractivity contribution in [3.63, 3.8) is 0 Å². The third-order valence-electron chi connectivity index (χ3n) is 3.76. The first-order valence-electron chi connectivity index (χ1n) is 6.92. The third-order valence-corrected chi connectivity index (χ3v) is 3.76. The van der Waals surface area contributed by atoms with Crippen LogP contribution in [0.5, 0.6) is 0 Å². The van der Waals surface area contributed by atoms with Crippen molar-refractivity contribution in [2.45, 2.75) is 37.8 Å². The molecule has 19 heavy (non-hydrogen) atoms. The molecule has 4 heteroatoms. The predicted octanol–water partition coefficient (Wildman–Crippen LogP) is 2.41. The molecule has 1 saturated heterocycles. The van der Waals surface area contributed by atoms with Crippen molar-refractivity contribution < 1.29 is 14.2 Å². The lowest BCUT2D eigenvalue weighted by molar-refractivity contribution is -0.0628. The van der Waals surface area contributed by atoms with Gasteiger partial charge < -0.3 is 15.2 Å². The van der Waals surface area contributed by atoms with Crippen LogP contribution in [0.4, 0.5) is 4.39 Å². The summed E-state index contributed by atoms with van der Waals surface area (Å²) in [5.41, 5.74) is 0.233. The number of rotatable bonds is 5. The molecule has 1 unspecified atom stereocenters. The molecule has 0 amide bonds. The van der Waals surface area contributed by atoms with E-state index in [4.69, 9.17) is 4.74 Å². The summed E-state index contributed by atoms with van der Waals surface area (Å²) in [6.07, 6.45) is 2.16. The van der Waals surface area contributed by atoms with Crippen LogP contribution in [0.15, 0.2) is 24.3 Å².